The summed E-state index contributed by atoms with van der Waals surface area (Å²) < 4.78 is 33.0. The quantitative estimate of drug-likeness (QED) is 0.806. The fourth-order valence-electron chi connectivity index (χ4n) is 1.27. The number of halogens is 4. The predicted octanol–water partition coefficient (Wildman–Crippen LogP) is 3.41. The fraction of sp³-hybridized carbons (Fsp3) is 0.364. The molecule has 0 saturated carbocycles. The number of ether oxygens (including phenoxy) is 1. The Balaban J connectivity index is 3.01. The number of hydrogen-bond acceptors (Lipinski definition) is 3. The van der Waals surface area contributed by atoms with Crippen molar-refractivity contribution in [2.24, 2.45) is 5.73 Å². The van der Waals surface area contributed by atoms with E-state index < -0.39 is 17.9 Å². The van der Waals surface area contributed by atoms with Crippen LogP contribution in [0.1, 0.15) is 18.5 Å². The van der Waals surface area contributed by atoms with Crippen LogP contribution >= 0.6 is 31.9 Å². The number of esters is 1. The maximum Gasteiger partial charge on any atom is 0.379 e. The first-order valence-electron chi connectivity index (χ1n) is 5.06. The van der Waals surface area contributed by atoms with E-state index in [1.807, 2.05) is 0 Å². The van der Waals surface area contributed by atoms with Crippen molar-refractivity contribution >= 4 is 37.8 Å². The van der Waals surface area contributed by atoms with E-state index >= 15 is 0 Å². The van der Waals surface area contributed by atoms with Gasteiger partial charge in [0.25, 0.3) is 0 Å². The van der Waals surface area contributed by atoms with Gasteiger partial charge in [-0.1, -0.05) is 6.07 Å². The fourth-order valence-corrected chi connectivity index (χ4v) is 1.91. The molecule has 18 heavy (non-hydrogen) atoms. The molecule has 0 heterocycles. The Morgan fingerprint density at radius 2 is 2.06 bits per heavy atom. The van der Waals surface area contributed by atoms with Crippen LogP contribution < -0.4 is 5.73 Å². The molecule has 0 spiro atoms. The Hall–Kier alpha value is -0.530. The van der Waals surface area contributed by atoms with Gasteiger partial charge in [-0.05, 0) is 56.5 Å². The van der Waals surface area contributed by atoms with E-state index in [-0.39, 0.29) is 12.2 Å². The summed E-state index contributed by atoms with van der Waals surface area (Å²) in [6.07, 6.45) is 0. The van der Waals surface area contributed by atoms with Crippen molar-refractivity contribution in [3.63, 3.8) is 0 Å². The van der Waals surface area contributed by atoms with Crippen LogP contribution in [0.15, 0.2) is 27.1 Å². The lowest BCUT2D eigenvalue weighted by Crippen LogP contribution is -2.41. The monoisotopic (exact) mass is 385 g/mol. The summed E-state index contributed by atoms with van der Waals surface area (Å²) in [5.74, 6) is -5.37. The number of alkyl halides is 2. The third kappa shape index (κ3) is 3.27. The Bertz CT molecular complexity index is 455. The van der Waals surface area contributed by atoms with E-state index in [1.54, 1.807) is 6.07 Å². The van der Waals surface area contributed by atoms with Gasteiger partial charge in [0.15, 0.2) is 0 Å². The van der Waals surface area contributed by atoms with Crippen molar-refractivity contribution in [1.82, 2.24) is 0 Å². The number of carbonyl (C=O) groups excluding carboxylic acids is 1. The van der Waals surface area contributed by atoms with Gasteiger partial charge in [0.2, 0.25) is 0 Å². The molecule has 0 aliphatic heterocycles. The first-order valence-corrected chi connectivity index (χ1v) is 6.64. The Morgan fingerprint density at radius 1 is 1.44 bits per heavy atom. The molecule has 1 aromatic carbocycles. The van der Waals surface area contributed by atoms with Gasteiger partial charge in [0.05, 0.1) is 6.61 Å². The number of rotatable bonds is 4. The van der Waals surface area contributed by atoms with E-state index in [4.69, 9.17) is 5.73 Å². The number of nitrogens with two attached hydrogens (primary N) is 1. The number of carbonyl (C=O) groups is 1. The van der Waals surface area contributed by atoms with Crippen LogP contribution in [0.4, 0.5) is 8.78 Å². The molecule has 0 saturated heterocycles. The minimum atomic E-state index is -3.76. The van der Waals surface area contributed by atoms with Gasteiger partial charge >= 0.3 is 11.9 Å². The smallest absolute Gasteiger partial charge is 0.379 e. The van der Waals surface area contributed by atoms with Crippen molar-refractivity contribution in [2.45, 2.75) is 18.9 Å². The third-order valence-corrected chi connectivity index (χ3v) is 4.12. The zero-order chi connectivity index (χ0) is 13.9. The molecule has 7 heteroatoms. The lowest BCUT2D eigenvalue weighted by molar-refractivity contribution is -0.174. The van der Waals surface area contributed by atoms with Gasteiger partial charge in [-0.25, -0.2) is 4.79 Å². The molecule has 0 aromatic heterocycles. The van der Waals surface area contributed by atoms with Crippen LogP contribution in [0.3, 0.4) is 0 Å². The summed E-state index contributed by atoms with van der Waals surface area (Å²) in [6, 6.07) is 2.68. The lowest BCUT2D eigenvalue weighted by Gasteiger charge is -2.22. The third-order valence-electron chi connectivity index (χ3n) is 2.24. The predicted molar refractivity (Wildman–Crippen MR) is 70.4 cm³/mol. The van der Waals surface area contributed by atoms with E-state index in [0.717, 1.165) is 0 Å². The maximum absolute atomic E-state index is 13.7. The zero-order valence-corrected chi connectivity index (χ0v) is 12.6. The summed E-state index contributed by atoms with van der Waals surface area (Å²) in [5, 5.41) is 0. The summed E-state index contributed by atoms with van der Waals surface area (Å²) in [5.41, 5.74) is 5.58. The summed E-state index contributed by atoms with van der Waals surface area (Å²) >= 11 is 6.40. The average molecular weight is 387 g/mol. The minimum absolute atomic E-state index is 0.120. The van der Waals surface area contributed by atoms with Crippen LogP contribution in [0.25, 0.3) is 0 Å². The summed E-state index contributed by atoms with van der Waals surface area (Å²) in [4.78, 5) is 11.2. The Labute approximate surface area is 120 Å². The second kappa shape index (κ2) is 6.08. The lowest BCUT2D eigenvalue weighted by atomic mass is 10.0. The van der Waals surface area contributed by atoms with Crippen LogP contribution in [0, 0.1) is 0 Å². The largest absolute Gasteiger partial charge is 0.462 e. The number of benzene rings is 1. The SMILES string of the molecule is CCOC(=O)C(F)(F)[C@H](N)c1ccc(Br)c(Br)c1. The van der Waals surface area contributed by atoms with Crippen LogP contribution in [-0.4, -0.2) is 18.5 Å². The summed E-state index contributed by atoms with van der Waals surface area (Å²) in [6.45, 7) is 1.33. The second-order valence-corrected chi connectivity index (χ2v) is 5.20. The zero-order valence-electron chi connectivity index (χ0n) is 9.42. The van der Waals surface area contributed by atoms with Crippen molar-refractivity contribution in [2.75, 3.05) is 6.61 Å². The molecule has 0 unspecified atom stereocenters. The molecule has 0 fully saturated rings. The first-order chi connectivity index (χ1) is 8.30. The van der Waals surface area contributed by atoms with Crippen molar-refractivity contribution in [3.05, 3.63) is 32.7 Å². The molecule has 1 rings (SSSR count). The molecule has 100 valence electrons. The molecule has 3 nitrogen and oxygen atoms in total. The topological polar surface area (TPSA) is 52.3 Å². The molecule has 0 radical (unpaired) electrons. The van der Waals surface area contributed by atoms with Gasteiger partial charge in [0.1, 0.15) is 6.04 Å². The van der Waals surface area contributed by atoms with E-state index in [1.165, 1.54) is 19.1 Å². The van der Waals surface area contributed by atoms with Gasteiger partial charge < -0.3 is 10.5 Å². The molecule has 1 atom stereocenters. The molecule has 0 aliphatic rings. The van der Waals surface area contributed by atoms with Gasteiger partial charge in [-0.15, -0.1) is 0 Å². The highest BCUT2D eigenvalue weighted by Gasteiger charge is 2.47. The van der Waals surface area contributed by atoms with Crippen molar-refractivity contribution in [1.29, 1.82) is 0 Å². The highest BCUT2D eigenvalue weighted by Crippen LogP contribution is 2.33. The van der Waals surface area contributed by atoms with Crippen LogP contribution in [0.5, 0.6) is 0 Å². The van der Waals surface area contributed by atoms with Gasteiger partial charge in [-0.3, -0.25) is 0 Å². The van der Waals surface area contributed by atoms with Crippen LogP contribution in [0.2, 0.25) is 0 Å². The minimum Gasteiger partial charge on any atom is -0.462 e. The Kier molecular flexibility index (Phi) is 5.24. The normalized spacial score (nSPS) is 13.2. The summed E-state index contributed by atoms with van der Waals surface area (Å²) in [7, 11) is 0. The van der Waals surface area contributed by atoms with Crippen LogP contribution in [-0.2, 0) is 9.53 Å². The number of hydrogen-bond donors (Lipinski definition) is 1. The highest BCUT2D eigenvalue weighted by molar-refractivity contribution is 9.13. The average Bonchev–Trinajstić information content (AvgIpc) is 2.32. The molecule has 0 bridgehead atoms. The first kappa shape index (κ1) is 15.5. The van der Waals surface area contributed by atoms with Crippen molar-refractivity contribution in [3.8, 4) is 0 Å². The Morgan fingerprint density at radius 3 is 2.56 bits per heavy atom. The van der Waals surface area contributed by atoms with E-state index in [2.05, 4.69) is 36.6 Å². The second-order valence-electron chi connectivity index (χ2n) is 3.49. The molecule has 1 aromatic rings. The maximum atomic E-state index is 13.7. The highest BCUT2D eigenvalue weighted by atomic mass is 79.9. The molecular weight excluding hydrogens is 376 g/mol. The van der Waals surface area contributed by atoms with Crippen molar-refractivity contribution < 1.29 is 18.3 Å². The molecule has 0 amide bonds. The van der Waals surface area contributed by atoms with E-state index in [0.29, 0.717) is 8.95 Å². The molecular formula is C11H11Br2F2NO2. The van der Waals surface area contributed by atoms with E-state index in [9.17, 15) is 13.6 Å². The standard InChI is InChI=1S/C11H11Br2F2NO2/c1-2-18-10(17)11(14,15)9(16)6-3-4-7(12)8(13)5-6/h3-5,9H,2,16H2,1H3/t9-/m1/s1. The molecule has 2 N–H and O–H groups in total. The van der Waals surface area contributed by atoms with Gasteiger partial charge in [0, 0.05) is 8.95 Å². The van der Waals surface area contributed by atoms with Gasteiger partial charge in [-0.2, -0.15) is 8.78 Å². The molecule has 0 aliphatic carbocycles.